The molecule has 0 spiro atoms. The van der Waals surface area contributed by atoms with Crippen molar-refractivity contribution in [2.24, 2.45) is 5.92 Å². The van der Waals surface area contributed by atoms with E-state index in [1.54, 1.807) is 7.11 Å². The monoisotopic (exact) mass is 315 g/mol. The van der Waals surface area contributed by atoms with E-state index >= 15 is 0 Å². The molecular formula is C13H22BrN3O. The SMILES string of the molecule is CCNc1nc(CCOC)nc(CC(C)C)c1Br. The summed E-state index contributed by atoms with van der Waals surface area (Å²) in [7, 11) is 1.69. The third-order valence-electron chi connectivity index (χ3n) is 2.44. The number of ether oxygens (including phenoxy) is 1. The van der Waals surface area contributed by atoms with Crippen LogP contribution in [0.4, 0.5) is 5.82 Å². The van der Waals surface area contributed by atoms with Crippen molar-refractivity contribution in [3.05, 3.63) is 16.0 Å². The lowest BCUT2D eigenvalue weighted by Crippen LogP contribution is -2.11. The molecular weight excluding hydrogens is 294 g/mol. The molecule has 0 bridgehead atoms. The molecule has 1 aromatic rings. The molecule has 102 valence electrons. The maximum atomic E-state index is 5.08. The predicted octanol–water partition coefficient (Wildman–Crippen LogP) is 3.06. The van der Waals surface area contributed by atoms with Gasteiger partial charge in [0.05, 0.1) is 16.8 Å². The minimum Gasteiger partial charge on any atom is -0.384 e. The number of aromatic nitrogens is 2. The topological polar surface area (TPSA) is 47.0 Å². The fourth-order valence-electron chi connectivity index (χ4n) is 1.66. The molecule has 0 aliphatic carbocycles. The molecule has 0 saturated carbocycles. The van der Waals surface area contributed by atoms with E-state index in [2.05, 4.69) is 52.0 Å². The van der Waals surface area contributed by atoms with Gasteiger partial charge in [-0.2, -0.15) is 0 Å². The van der Waals surface area contributed by atoms with Crippen LogP contribution in [0.1, 0.15) is 32.3 Å². The first-order valence-electron chi connectivity index (χ1n) is 6.36. The lowest BCUT2D eigenvalue weighted by molar-refractivity contribution is 0.200. The van der Waals surface area contributed by atoms with Gasteiger partial charge >= 0.3 is 0 Å². The number of rotatable bonds is 7. The molecule has 1 N–H and O–H groups in total. The third kappa shape index (κ3) is 4.53. The zero-order valence-electron chi connectivity index (χ0n) is 11.6. The maximum Gasteiger partial charge on any atom is 0.144 e. The van der Waals surface area contributed by atoms with Crippen LogP contribution in [0.25, 0.3) is 0 Å². The Balaban J connectivity index is 3.02. The number of hydrogen-bond donors (Lipinski definition) is 1. The molecule has 1 aromatic heterocycles. The smallest absolute Gasteiger partial charge is 0.144 e. The first kappa shape index (κ1) is 15.4. The summed E-state index contributed by atoms with van der Waals surface area (Å²) in [5, 5.41) is 3.27. The zero-order chi connectivity index (χ0) is 13.5. The van der Waals surface area contributed by atoms with Gasteiger partial charge in [0.2, 0.25) is 0 Å². The van der Waals surface area contributed by atoms with Crippen molar-refractivity contribution in [3.63, 3.8) is 0 Å². The molecule has 5 heteroatoms. The first-order valence-corrected chi connectivity index (χ1v) is 7.15. The van der Waals surface area contributed by atoms with Crippen LogP contribution < -0.4 is 5.32 Å². The van der Waals surface area contributed by atoms with Crippen molar-refractivity contribution < 1.29 is 4.74 Å². The van der Waals surface area contributed by atoms with E-state index in [1.807, 2.05) is 0 Å². The Morgan fingerprint density at radius 1 is 1.33 bits per heavy atom. The number of anilines is 1. The Morgan fingerprint density at radius 3 is 2.61 bits per heavy atom. The Hall–Kier alpha value is -0.680. The number of nitrogens with zero attached hydrogens (tertiary/aromatic N) is 2. The van der Waals surface area contributed by atoms with Crippen LogP contribution >= 0.6 is 15.9 Å². The molecule has 0 aliphatic rings. The van der Waals surface area contributed by atoms with Gasteiger partial charge < -0.3 is 10.1 Å². The maximum absolute atomic E-state index is 5.08. The summed E-state index contributed by atoms with van der Waals surface area (Å²) in [6, 6.07) is 0. The van der Waals surface area contributed by atoms with Gasteiger partial charge in [-0.05, 0) is 35.2 Å². The van der Waals surface area contributed by atoms with Crippen LogP contribution in [0.2, 0.25) is 0 Å². The van der Waals surface area contributed by atoms with Gasteiger partial charge in [0.1, 0.15) is 11.6 Å². The molecule has 0 amide bonds. The average Bonchev–Trinajstić information content (AvgIpc) is 2.31. The molecule has 0 radical (unpaired) electrons. The molecule has 4 nitrogen and oxygen atoms in total. The summed E-state index contributed by atoms with van der Waals surface area (Å²) >= 11 is 3.59. The Bertz CT molecular complexity index is 383. The number of methoxy groups -OCH3 is 1. The van der Waals surface area contributed by atoms with Crippen molar-refractivity contribution in [3.8, 4) is 0 Å². The van der Waals surface area contributed by atoms with E-state index in [4.69, 9.17) is 4.74 Å². The van der Waals surface area contributed by atoms with Crippen LogP contribution in [0.5, 0.6) is 0 Å². The average molecular weight is 316 g/mol. The van der Waals surface area contributed by atoms with E-state index in [9.17, 15) is 0 Å². The summed E-state index contributed by atoms with van der Waals surface area (Å²) in [6.45, 7) is 7.94. The molecule has 0 aliphatic heterocycles. The molecule has 0 fully saturated rings. The number of halogens is 1. The second-order valence-corrected chi connectivity index (χ2v) is 5.41. The largest absolute Gasteiger partial charge is 0.384 e. The van der Waals surface area contributed by atoms with E-state index in [1.165, 1.54) is 0 Å². The van der Waals surface area contributed by atoms with Gasteiger partial charge in [0, 0.05) is 20.1 Å². The van der Waals surface area contributed by atoms with Gasteiger partial charge in [0.25, 0.3) is 0 Å². The summed E-state index contributed by atoms with van der Waals surface area (Å²) in [5.74, 6) is 2.29. The minimum atomic E-state index is 0.570. The van der Waals surface area contributed by atoms with Gasteiger partial charge in [-0.15, -0.1) is 0 Å². The van der Waals surface area contributed by atoms with Crippen LogP contribution in [-0.2, 0) is 17.6 Å². The van der Waals surface area contributed by atoms with E-state index in [-0.39, 0.29) is 0 Å². The molecule has 1 heterocycles. The van der Waals surface area contributed by atoms with Crippen molar-refractivity contribution in [2.75, 3.05) is 25.6 Å². The standard InChI is InChI=1S/C13H22BrN3O/c1-5-15-13-12(14)10(8-9(2)3)16-11(17-13)6-7-18-4/h9H,5-8H2,1-4H3,(H,15,16,17). The minimum absolute atomic E-state index is 0.570. The molecule has 0 saturated heterocycles. The molecule has 0 atom stereocenters. The molecule has 0 aromatic carbocycles. The van der Waals surface area contributed by atoms with Crippen molar-refractivity contribution in [2.45, 2.75) is 33.6 Å². The molecule has 1 rings (SSSR count). The summed E-state index contributed by atoms with van der Waals surface area (Å²) in [5.41, 5.74) is 1.07. The van der Waals surface area contributed by atoms with Gasteiger partial charge in [-0.1, -0.05) is 13.8 Å². The van der Waals surface area contributed by atoms with Crippen LogP contribution in [0.15, 0.2) is 4.47 Å². The number of nitrogens with one attached hydrogen (secondary N) is 1. The highest BCUT2D eigenvalue weighted by atomic mass is 79.9. The van der Waals surface area contributed by atoms with Crippen molar-refractivity contribution in [1.29, 1.82) is 0 Å². The highest BCUT2D eigenvalue weighted by Crippen LogP contribution is 2.25. The molecule has 0 unspecified atom stereocenters. The zero-order valence-corrected chi connectivity index (χ0v) is 13.2. The van der Waals surface area contributed by atoms with Gasteiger partial charge in [-0.3, -0.25) is 0 Å². The Morgan fingerprint density at radius 2 is 2.06 bits per heavy atom. The fraction of sp³-hybridized carbons (Fsp3) is 0.692. The van der Waals surface area contributed by atoms with Crippen molar-refractivity contribution in [1.82, 2.24) is 9.97 Å². The normalized spacial score (nSPS) is 11.0. The summed E-state index contributed by atoms with van der Waals surface area (Å²) in [4.78, 5) is 9.13. The summed E-state index contributed by atoms with van der Waals surface area (Å²) in [6.07, 6.45) is 1.69. The highest BCUT2D eigenvalue weighted by molar-refractivity contribution is 9.10. The van der Waals surface area contributed by atoms with Gasteiger partial charge in [-0.25, -0.2) is 9.97 Å². The quantitative estimate of drug-likeness (QED) is 0.840. The highest BCUT2D eigenvalue weighted by Gasteiger charge is 2.13. The predicted molar refractivity (Wildman–Crippen MR) is 78.0 cm³/mol. The lowest BCUT2D eigenvalue weighted by Gasteiger charge is -2.13. The van der Waals surface area contributed by atoms with E-state index in [0.717, 1.165) is 41.2 Å². The number of hydrogen-bond acceptors (Lipinski definition) is 4. The van der Waals surface area contributed by atoms with Crippen LogP contribution in [0, 0.1) is 5.92 Å². The van der Waals surface area contributed by atoms with Crippen molar-refractivity contribution >= 4 is 21.7 Å². The Labute approximate surface area is 118 Å². The molecule has 18 heavy (non-hydrogen) atoms. The van der Waals surface area contributed by atoms with Crippen LogP contribution in [0.3, 0.4) is 0 Å². The van der Waals surface area contributed by atoms with Gasteiger partial charge in [0.15, 0.2) is 0 Å². The van der Waals surface area contributed by atoms with E-state index < -0.39 is 0 Å². The Kier molecular flexibility index (Phi) is 6.57. The third-order valence-corrected chi connectivity index (χ3v) is 3.28. The second kappa shape index (κ2) is 7.69. The lowest BCUT2D eigenvalue weighted by atomic mass is 10.1. The first-order chi connectivity index (χ1) is 8.58. The second-order valence-electron chi connectivity index (χ2n) is 4.62. The summed E-state index contributed by atoms with van der Waals surface area (Å²) < 4.78 is 6.07. The van der Waals surface area contributed by atoms with E-state index in [0.29, 0.717) is 12.5 Å². The van der Waals surface area contributed by atoms with Crippen LogP contribution in [-0.4, -0.2) is 30.2 Å². The fourth-order valence-corrected chi connectivity index (χ4v) is 2.14.